The van der Waals surface area contributed by atoms with Gasteiger partial charge in [-0.3, -0.25) is 9.59 Å². The number of nitrogens with zero attached hydrogens (tertiary/aromatic N) is 3. The summed E-state index contributed by atoms with van der Waals surface area (Å²) in [4.78, 5) is 26.5. The van der Waals surface area contributed by atoms with Crippen molar-refractivity contribution in [3.05, 3.63) is 40.4 Å². The zero-order chi connectivity index (χ0) is 19.4. The quantitative estimate of drug-likeness (QED) is 0.816. The summed E-state index contributed by atoms with van der Waals surface area (Å²) in [5.41, 5.74) is 2.27. The van der Waals surface area contributed by atoms with Crippen molar-refractivity contribution in [3.8, 4) is 0 Å². The highest BCUT2D eigenvalue weighted by molar-refractivity contribution is 7.15. The molecule has 1 aliphatic rings. The standard InChI is InChI=1S/C20H26N4O2S/c1-4-14(5-2)19-22-23-20(27-19)21-18(26)12-17-16-9-7-6-8-15(16)10-11-24(17)13(3)25/h6-9,14,17H,4-5,10-12H2,1-3H3,(H,21,23,26). The molecule has 7 heteroatoms. The van der Waals surface area contributed by atoms with Crippen LogP contribution in [0.3, 0.4) is 0 Å². The fraction of sp³-hybridized carbons (Fsp3) is 0.500. The Morgan fingerprint density at radius 3 is 2.70 bits per heavy atom. The zero-order valence-corrected chi connectivity index (χ0v) is 16.9. The van der Waals surface area contributed by atoms with E-state index in [1.165, 1.54) is 16.9 Å². The Hall–Kier alpha value is -2.28. The Morgan fingerprint density at radius 1 is 1.26 bits per heavy atom. The fourth-order valence-corrected chi connectivity index (χ4v) is 4.71. The van der Waals surface area contributed by atoms with E-state index < -0.39 is 0 Å². The number of carbonyl (C=O) groups excluding carboxylic acids is 2. The molecule has 0 fully saturated rings. The molecule has 1 aliphatic heterocycles. The summed E-state index contributed by atoms with van der Waals surface area (Å²) < 4.78 is 0. The first-order valence-electron chi connectivity index (χ1n) is 9.51. The Balaban J connectivity index is 1.73. The minimum atomic E-state index is -0.237. The number of amides is 2. The highest BCUT2D eigenvalue weighted by Crippen LogP contribution is 2.33. The first kappa shape index (κ1) is 19.5. The van der Waals surface area contributed by atoms with Crippen molar-refractivity contribution >= 4 is 28.3 Å². The van der Waals surface area contributed by atoms with Gasteiger partial charge < -0.3 is 10.2 Å². The number of carbonyl (C=O) groups is 2. The van der Waals surface area contributed by atoms with Crippen LogP contribution in [0.25, 0.3) is 0 Å². The molecular formula is C20H26N4O2S. The van der Waals surface area contributed by atoms with Gasteiger partial charge in [-0.2, -0.15) is 0 Å². The van der Waals surface area contributed by atoms with Crippen LogP contribution in [0.5, 0.6) is 0 Å². The second kappa shape index (κ2) is 8.61. The summed E-state index contributed by atoms with van der Waals surface area (Å²) in [6, 6.07) is 7.81. The van der Waals surface area contributed by atoms with Gasteiger partial charge in [0.15, 0.2) is 0 Å². The average molecular weight is 387 g/mol. The number of fused-ring (bicyclic) bond motifs is 1. The molecule has 0 saturated heterocycles. The number of benzene rings is 1. The highest BCUT2D eigenvalue weighted by atomic mass is 32.1. The van der Waals surface area contributed by atoms with Crippen molar-refractivity contribution in [1.82, 2.24) is 15.1 Å². The molecule has 1 atom stereocenters. The summed E-state index contributed by atoms with van der Waals surface area (Å²) in [5.74, 6) is 0.232. The van der Waals surface area contributed by atoms with Gasteiger partial charge in [0.2, 0.25) is 16.9 Å². The van der Waals surface area contributed by atoms with E-state index in [-0.39, 0.29) is 24.3 Å². The van der Waals surface area contributed by atoms with E-state index >= 15 is 0 Å². The predicted octanol–water partition coefficient (Wildman–Crippen LogP) is 3.92. The molecule has 0 saturated carbocycles. The van der Waals surface area contributed by atoms with Crippen LogP contribution in [-0.4, -0.2) is 33.5 Å². The lowest BCUT2D eigenvalue weighted by atomic mass is 9.90. The van der Waals surface area contributed by atoms with E-state index in [1.54, 1.807) is 11.8 Å². The van der Waals surface area contributed by atoms with Gasteiger partial charge in [0.05, 0.1) is 12.5 Å². The van der Waals surface area contributed by atoms with E-state index in [1.807, 2.05) is 18.2 Å². The number of anilines is 1. The largest absolute Gasteiger partial charge is 0.335 e. The average Bonchev–Trinajstić information content (AvgIpc) is 3.10. The lowest BCUT2D eigenvalue weighted by Crippen LogP contribution is -2.40. The normalized spacial score (nSPS) is 16.3. The molecule has 0 bridgehead atoms. The van der Waals surface area contributed by atoms with Crippen molar-refractivity contribution < 1.29 is 9.59 Å². The van der Waals surface area contributed by atoms with E-state index in [0.29, 0.717) is 17.6 Å². The summed E-state index contributed by atoms with van der Waals surface area (Å²) in [7, 11) is 0. The zero-order valence-electron chi connectivity index (χ0n) is 16.1. The van der Waals surface area contributed by atoms with Crippen LogP contribution in [0, 0.1) is 0 Å². The number of aromatic nitrogens is 2. The second-order valence-corrected chi connectivity index (χ2v) is 7.90. The molecule has 6 nitrogen and oxygen atoms in total. The molecule has 2 amide bonds. The maximum atomic E-state index is 12.7. The Morgan fingerprint density at radius 2 is 2.00 bits per heavy atom. The third kappa shape index (κ3) is 4.35. The van der Waals surface area contributed by atoms with E-state index in [0.717, 1.165) is 29.8 Å². The van der Waals surface area contributed by atoms with Gasteiger partial charge in [-0.25, -0.2) is 0 Å². The van der Waals surface area contributed by atoms with Crippen LogP contribution >= 0.6 is 11.3 Å². The van der Waals surface area contributed by atoms with Crippen molar-refractivity contribution in [3.63, 3.8) is 0 Å². The first-order chi connectivity index (χ1) is 13.0. The van der Waals surface area contributed by atoms with Gasteiger partial charge in [-0.05, 0) is 30.4 Å². The number of hydrogen-bond donors (Lipinski definition) is 1. The molecule has 27 heavy (non-hydrogen) atoms. The molecule has 2 heterocycles. The molecule has 0 aliphatic carbocycles. The molecule has 0 radical (unpaired) electrons. The van der Waals surface area contributed by atoms with E-state index in [4.69, 9.17) is 0 Å². The van der Waals surface area contributed by atoms with E-state index in [9.17, 15) is 9.59 Å². The van der Waals surface area contributed by atoms with Crippen molar-refractivity contribution in [2.75, 3.05) is 11.9 Å². The fourth-order valence-electron chi connectivity index (χ4n) is 3.68. The molecule has 2 aromatic rings. The summed E-state index contributed by atoms with van der Waals surface area (Å²) in [5, 5.41) is 12.7. The van der Waals surface area contributed by atoms with Crippen molar-refractivity contribution in [2.45, 2.75) is 58.4 Å². The van der Waals surface area contributed by atoms with Crippen LogP contribution in [0.15, 0.2) is 24.3 Å². The Labute approximate surface area is 164 Å². The minimum absolute atomic E-state index is 0.00534. The van der Waals surface area contributed by atoms with Crippen LogP contribution in [0.1, 0.15) is 68.1 Å². The number of nitrogens with one attached hydrogen (secondary N) is 1. The topological polar surface area (TPSA) is 75.2 Å². The molecular weight excluding hydrogens is 360 g/mol. The molecule has 3 rings (SSSR count). The third-order valence-corrected chi connectivity index (χ3v) is 6.22. The minimum Gasteiger partial charge on any atom is -0.335 e. The van der Waals surface area contributed by atoms with Gasteiger partial charge in [0.1, 0.15) is 5.01 Å². The monoisotopic (exact) mass is 386 g/mol. The van der Waals surface area contributed by atoms with E-state index in [2.05, 4.69) is 35.4 Å². The molecule has 1 N–H and O–H groups in total. The lowest BCUT2D eigenvalue weighted by Gasteiger charge is -2.36. The molecule has 144 valence electrons. The second-order valence-electron chi connectivity index (χ2n) is 6.89. The van der Waals surface area contributed by atoms with Gasteiger partial charge in [0, 0.05) is 19.4 Å². The SMILES string of the molecule is CCC(CC)c1nnc(NC(=O)CC2c3ccccc3CCN2C(C)=O)s1. The van der Waals surface area contributed by atoms with Gasteiger partial charge in [-0.15, -0.1) is 10.2 Å². The van der Waals surface area contributed by atoms with Gasteiger partial charge in [0.25, 0.3) is 0 Å². The van der Waals surface area contributed by atoms with Crippen LogP contribution in [-0.2, 0) is 16.0 Å². The van der Waals surface area contributed by atoms with Crippen LogP contribution < -0.4 is 5.32 Å². The van der Waals surface area contributed by atoms with Crippen LogP contribution in [0.2, 0.25) is 0 Å². The maximum Gasteiger partial charge on any atom is 0.228 e. The lowest BCUT2D eigenvalue weighted by molar-refractivity contribution is -0.132. The first-order valence-corrected chi connectivity index (χ1v) is 10.3. The number of rotatable bonds is 6. The van der Waals surface area contributed by atoms with Crippen molar-refractivity contribution in [1.29, 1.82) is 0 Å². The predicted molar refractivity (Wildman–Crippen MR) is 107 cm³/mol. The van der Waals surface area contributed by atoms with Crippen molar-refractivity contribution in [2.24, 2.45) is 0 Å². The van der Waals surface area contributed by atoms with Gasteiger partial charge in [-0.1, -0.05) is 49.4 Å². The molecule has 1 aromatic heterocycles. The molecule has 1 aromatic carbocycles. The Bertz CT molecular complexity index is 816. The summed E-state index contributed by atoms with van der Waals surface area (Å²) >= 11 is 1.44. The summed E-state index contributed by atoms with van der Waals surface area (Å²) in [6.07, 6.45) is 3.05. The number of hydrogen-bond acceptors (Lipinski definition) is 5. The highest BCUT2D eigenvalue weighted by Gasteiger charge is 2.30. The molecule has 1 unspecified atom stereocenters. The maximum absolute atomic E-state index is 12.7. The van der Waals surface area contributed by atoms with Crippen LogP contribution in [0.4, 0.5) is 5.13 Å². The molecule has 0 spiro atoms. The third-order valence-electron chi connectivity index (χ3n) is 5.22. The smallest absolute Gasteiger partial charge is 0.228 e. The van der Waals surface area contributed by atoms with Gasteiger partial charge >= 0.3 is 0 Å². The Kier molecular flexibility index (Phi) is 6.21. The summed E-state index contributed by atoms with van der Waals surface area (Å²) in [6.45, 7) is 6.46.